The molecule has 1 aliphatic rings. The molecule has 0 fully saturated rings. The minimum absolute atomic E-state index is 0.597. The predicted octanol–water partition coefficient (Wildman–Crippen LogP) is 4.31. The molecule has 0 radical (unpaired) electrons. The molecule has 0 bridgehead atoms. The van der Waals surface area contributed by atoms with E-state index in [1.165, 1.54) is 18.4 Å². The van der Waals surface area contributed by atoms with E-state index in [9.17, 15) is 0 Å². The largest absolute Gasteiger partial charge is 0.176 e. The van der Waals surface area contributed by atoms with Crippen molar-refractivity contribution in [2.24, 2.45) is 0 Å². The van der Waals surface area contributed by atoms with Crippen LogP contribution < -0.4 is 0 Å². The Labute approximate surface area is 93.2 Å². The van der Waals surface area contributed by atoms with Gasteiger partial charge >= 0.3 is 0 Å². The highest BCUT2D eigenvalue weighted by atomic mass is 32.1. The van der Waals surface area contributed by atoms with Gasteiger partial charge in [0.15, 0.2) is 0 Å². The smallest absolute Gasteiger partial charge is 0.00544 e. The Hall–Kier alpha value is -0.430. The zero-order valence-electron chi connectivity index (χ0n) is 9.16. The fraction of sp³-hybridized carbons (Fsp3) is 0.538. The first-order chi connectivity index (χ1) is 6.72. The molecule has 1 rings (SSSR count). The lowest BCUT2D eigenvalue weighted by molar-refractivity contribution is 0.711. The summed E-state index contributed by atoms with van der Waals surface area (Å²) in [5, 5.41) is 0.597. The Kier molecular flexibility index (Phi) is 5.10. The maximum Gasteiger partial charge on any atom is 0.00544 e. The van der Waals surface area contributed by atoms with Gasteiger partial charge in [-0.1, -0.05) is 35.5 Å². The molecule has 0 aromatic heterocycles. The maximum absolute atomic E-state index is 4.47. The van der Waals surface area contributed by atoms with E-state index < -0.39 is 0 Å². The summed E-state index contributed by atoms with van der Waals surface area (Å²) in [5.74, 6) is 0. The van der Waals surface area contributed by atoms with E-state index in [0.29, 0.717) is 5.25 Å². The Morgan fingerprint density at radius 1 is 1.64 bits per heavy atom. The third-order valence-corrected chi connectivity index (χ3v) is 3.16. The van der Waals surface area contributed by atoms with Gasteiger partial charge in [-0.05, 0) is 39.5 Å². The molecular formula is C13H20S. The standard InChI is InChI=1S/C13H20S/c1-3-11(2)5-4-6-12-7-9-13(14)10-8-12/h3-5,7,13-14H,6,8-10H2,1-2H3/b5-4-,11-3-. The van der Waals surface area contributed by atoms with E-state index in [2.05, 4.69) is 50.8 Å². The minimum Gasteiger partial charge on any atom is -0.176 e. The van der Waals surface area contributed by atoms with Crippen molar-refractivity contribution in [3.63, 3.8) is 0 Å². The molecule has 1 heteroatoms. The first-order valence-corrected chi connectivity index (χ1v) is 5.89. The van der Waals surface area contributed by atoms with Crippen LogP contribution in [0.5, 0.6) is 0 Å². The van der Waals surface area contributed by atoms with Crippen molar-refractivity contribution in [2.45, 2.75) is 44.8 Å². The number of allylic oxidation sites excluding steroid dienone is 6. The van der Waals surface area contributed by atoms with Gasteiger partial charge in [0.2, 0.25) is 0 Å². The number of thiol groups is 1. The van der Waals surface area contributed by atoms with E-state index in [1.54, 1.807) is 5.57 Å². The van der Waals surface area contributed by atoms with Gasteiger partial charge in [0.1, 0.15) is 0 Å². The highest BCUT2D eigenvalue weighted by Crippen LogP contribution is 2.24. The Morgan fingerprint density at radius 3 is 3.00 bits per heavy atom. The minimum atomic E-state index is 0.597. The zero-order chi connectivity index (χ0) is 10.4. The molecule has 1 aliphatic carbocycles. The Balaban J connectivity index is 2.35. The van der Waals surface area contributed by atoms with Crippen molar-refractivity contribution in [1.29, 1.82) is 0 Å². The van der Waals surface area contributed by atoms with E-state index >= 15 is 0 Å². The van der Waals surface area contributed by atoms with Crippen LogP contribution in [-0.4, -0.2) is 5.25 Å². The summed E-state index contributed by atoms with van der Waals surface area (Å²) in [4.78, 5) is 0. The first kappa shape index (κ1) is 11.6. The number of hydrogen-bond donors (Lipinski definition) is 1. The fourth-order valence-electron chi connectivity index (χ4n) is 1.55. The van der Waals surface area contributed by atoms with E-state index in [0.717, 1.165) is 12.8 Å². The lowest BCUT2D eigenvalue weighted by Crippen LogP contribution is -2.03. The quantitative estimate of drug-likeness (QED) is 0.399. The average Bonchev–Trinajstić information content (AvgIpc) is 2.21. The zero-order valence-corrected chi connectivity index (χ0v) is 10.1. The molecule has 0 saturated heterocycles. The van der Waals surface area contributed by atoms with Gasteiger partial charge in [0.05, 0.1) is 0 Å². The van der Waals surface area contributed by atoms with Crippen molar-refractivity contribution in [1.82, 2.24) is 0 Å². The van der Waals surface area contributed by atoms with Crippen molar-refractivity contribution in [3.8, 4) is 0 Å². The van der Waals surface area contributed by atoms with Crippen LogP contribution in [-0.2, 0) is 0 Å². The molecule has 0 spiro atoms. The molecule has 0 aromatic carbocycles. The van der Waals surface area contributed by atoms with E-state index in [1.807, 2.05) is 0 Å². The summed E-state index contributed by atoms with van der Waals surface area (Å²) in [5.41, 5.74) is 2.92. The molecule has 0 saturated carbocycles. The molecule has 78 valence electrons. The third-order valence-electron chi connectivity index (χ3n) is 2.69. The normalized spacial score (nSPS) is 24.1. The summed E-state index contributed by atoms with van der Waals surface area (Å²) in [7, 11) is 0. The molecular weight excluding hydrogens is 188 g/mol. The Morgan fingerprint density at radius 2 is 2.43 bits per heavy atom. The second kappa shape index (κ2) is 6.13. The van der Waals surface area contributed by atoms with Crippen molar-refractivity contribution >= 4 is 12.6 Å². The molecule has 0 heterocycles. The summed E-state index contributed by atoms with van der Waals surface area (Å²) in [6.45, 7) is 4.21. The van der Waals surface area contributed by atoms with Crippen LogP contribution in [0.1, 0.15) is 39.5 Å². The summed E-state index contributed by atoms with van der Waals surface area (Å²) >= 11 is 4.47. The molecule has 0 aromatic rings. The fourth-order valence-corrected chi connectivity index (χ4v) is 1.79. The summed E-state index contributed by atoms with van der Waals surface area (Å²) in [6.07, 6.45) is 13.7. The average molecular weight is 208 g/mol. The third kappa shape index (κ3) is 4.19. The van der Waals surface area contributed by atoms with Gasteiger partial charge in [-0.25, -0.2) is 0 Å². The first-order valence-electron chi connectivity index (χ1n) is 5.38. The second-order valence-electron chi connectivity index (χ2n) is 3.93. The topological polar surface area (TPSA) is 0 Å². The maximum atomic E-state index is 4.47. The monoisotopic (exact) mass is 208 g/mol. The van der Waals surface area contributed by atoms with Crippen molar-refractivity contribution in [3.05, 3.63) is 35.5 Å². The lowest BCUT2D eigenvalue weighted by Gasteiger charge is -2.16. The summed E-state index contributed by atoms with van der Waals surface area (Å²) < 4.78 is 0. The van der Waals surface area contributed by atoms with Gasteiger partial charge in [0, 0.05) is 5.25 Å². The van der Waals surface area contributed by atoms with Crippen LogP contribution in [0.4, 0.5) is 0 Å². The highest BCUT2D eigenvalue weighted by molar-refractivity contribution is 7.80. The molecule has 0 nitrogen and oxygen atoms in total. The van der Waals surface area contributed by atoms with Gasteiger partial charge in [-0.15, -0.1) is 0 Å². The van der Waals surface area contributed by atoms with Crippen LogP contribution in [0.2, 0.25) is 0 Å². The second-order valence-corrected chi connectivity index (χ2v) is 4.66. The highest BCUT2D eigenvalue weighted by Gasteiger charge is 2.08. The molecule has 1 atom stereocenters. The molecule has 1 unspecified atom stereocenters. The summed E-state index contributed by atoms with van der Waals surface area (Å²) in [6, 6.07) is 0. The molecule has 14 heavy (non-hydrogen) atoms. The van der Waals surface area contributed by atoms with Crippen LogP contribution in [0, 0.1) is 0 Å². The van der Waals surface area contributed by atoms with Gasteiger partial charge in [-0.3, -0.25) is 0 Å². The number of rotatable bonds is 3. The molecule has 0 N–H and O–H groups in total. The number of hydrogen-bond acceptors (Lipinski definition) is 1. The molecule has 0 amide bonds. The lowest BCUT2D eigenvalue weighted by atomic mass is 9.96. The van der Waals surface area contributed by atoms with Crippen LogP contribution in [0.25, 0.3) is 0 Å². The predicted molar refractivity (Wildman–Crippen MR) is 67.9 cm³/mol. The van der Waals surface area contributed by atoms with Gasteiger partial charge in [0.25, 0.3) is 0 Å². The van der Waals surface area contributed by atoms with Crippen molar-refractivity contribution in [2.75, 3.05) is 0 Å². The van der Waals surface area contributed by atoms with Crippen LogP contribution >= 0.6 is 12.6 Å². The van der Waals surface area contributed by atoms with E-state index in [-0.39, 0.29) is 0 Å². The SMILES string of the molecule is C/C=C(C)\C=C/CC1=CCC(S)CC1. The van der Waals surface area contributed by atoms with E-state index in [4.69, 9.17) is 0 Å². The van der Waals surface area contributed by atoms with Gasteiger partial charge in [-0.2, -0.15) is 12.6 Å². The molecule has 0 aliphatic heterocycles. The van der Waals surface area contributed by atoms with Crippen LogP contribution in [0.3, 0.4) is 0 Å². The Bertz CT molecular complexity index is 258. The van der Waals surface area contributed by atoms with Crippen LogP contribution in [0.15, 0.2) is 35.5 Å². The van der Waals surface area contributed by atoms with Crippen molar-refractivity contribution < 1.29 is 0 Å². The van der Waals surface area contributed by atoms with Gasteiger partial charge < -0.3 is 0 Å².